The average Bonchev–Trinajstić information content (AvgIpc) is 3.56. The summed E-state index contributed by atoms with van der Waals surface area (Å²) in [5, 5.41) is 3.48. The summed E-state index contributed by atoms with van der Waals surface area (Å²) in [6, 6.07) is 13.6. The lowest BCUT2D eigenvalue weighted by molar-refractivity contribution is -0.118. The van der Waals surface area contributed by atoms with Crippen molar-refractivity contribution < 1.29 is 13.2 Å². The molecule has 1 amide bonds. The minimum absolute atomic E-state index is 0.0723. The third-order valence-corrected chi connectivity index (χ3v) is 7.55. The topological polar surface area (TPSA) is 78.8 Å². The summed E-state index contributed by atoms with van der Waals surface area (Å²) in [4.78, 5) is 15.0. The number of anilines is 1. The number of likely N-dealkylation sites (tertiary alicyclic amines) is 1. The molecule has 2 fully saturated rings. The smallest absolute Gasteiger partial charge is 0.284 e. The lowest BCUT2D eigenvalue weighted by Crippen LogP contribution is -2.28. The van der Waals surface area contributed by atoms with E-state index in [4.69, 9.17) is 11.6 Å². The molecular formula is C23H26ClN3O3S. The van der Waals surface area contributed by atoms with Gasteiger partial charge in [-0.1, -0.05) is 36.2 Å². The van der Waals surface area contributed by atoms with E-state index >= 15 is 0 Å². The molecule has 1 saturated carbocycles. The van der Waals surface area contributed by atoms with Gasteiger partial charge in [0.15, 0.2) is 0 Å². The van der Waals surface area contributed by atoms with E-state index in [1.54, 1.807) is 18.2 Å². The first kappa shape index (κ1) is 21.8. The molecule has 2 aromatic rings. The Bertz CT molecular complexity index is 1130. The molecule has 1 heterocycles. The number of benzene rings is 2. The second-order valence-electron chi connectivity index (χ2n) is 8.29. The molecule has 1 aliphatic carbocycles. The Morgan fingerprint density at radius 2 is 1.87 bits per heavy atom. The van der Waals surface area contributed by atoms with Crippen LogP contribution in [0.25, 0.3) is 0 Å². The van der Waals surface area contributed by atoms with E-state index in [0.717, 1.165) is 44.2 Å². The molecule has 0 unspecified atom stereocenters. The normalized spacial score (nSPS) is 19.7. The number of carbonyl (C=O) groups is 1. The number of hydrogen-bond acceptors (Lipinski definition) is 3. The fourth-order valence-corrected chi connectivity index (χ4v) is 5.31. The predicted octanol–water partition coefficient (Wildman–Crippen LogP) is 4.60. The monoisotopic (exact) mass is 459 g/mol. The average molecular weight is 460 g/mol. The van der Waals surface area contributed by atoms with Gasteiger partial charge >= 0.3 is 0 Å². The van der Waals surface area contributed by atoms with Crippen molar-refractivity contribution in [1.29, 1.82) is 0 Å². The lowest BCUT2D eigenvalue weighted by Gasteiger charge is -2.18. The lowest BCUT2D eigenvalue weighted by atomic mass is 9.95. The van der Waals surface area contributed by atoms with Crippen LogP contribution in [0.1, 0.15) is 44.1 Å². The molecule has 8 heteroatoms. The van der Waals surface area contributed by atoms with Gasteiger partial charge < -0.3 is 10.2 Å². The molecule has 2 aliphatic rings. The summed E-state index contributed by atoms with van der Waals surface area (Å²) in [7, 11) is -1.99. The van der Waals surface area contributed by atoms with Gasteiger partial charge in [-0.05, 0) is 61.6 Å². The number of sulfonamides is 1. The van der Waals surface area contributed by atoms with Gasteiger partial charge in [-0.2, -0.15) is 8.42 Å². The third kappa shape index (κ3) is 4.77. The summed E-state index contributed by atoms with van der Waals surface area (Å²) in [6.45, 7) is 0.802. The Balaban J connectivity index is 1.55. The van der Waals surface area contributed by atoms with Crippen LogP contribution in [0, 0.1) is 0 Å². The van der Waals surface area contributed by atoms with Crippen LogP contribution in [-0.4, -0.2) is 38.7 Å². The highest BCUT2D eigenvalue weighted by Gasteiger charge is 2.51. The molecule has 1 saturated heterocycles. The Hall–Kier alpha value is -2.38. The summed E-state index contributed by atoms with van der Waals surface area (Å²) >= 11 is 6.10. The number of halogens is 1. The summed E-state index contributed by atoms with van der Waals surface area (Å²) in [5.41, 5.74) is 0.709. The van der Waals surface area contributed by atoms with E-state index in [-0.39, 0.29) is 10.8 Å². The molecule has 1 aliphatic heterocycles. The number of nitrogens with one attached hydrogen (secondary N) is 1. The first-order valence-corrected chi connectivity index (χ1v) is 12.3. The zero-order valence-electron chi connectivity index (χ0n) is 17.5. The minimum atomic E-state index is -3.87. The minimum Gasteiger partial charge on any atom is -0.362 e. The van der Waals surface area contributed by atoms with Crippen molar-refractivity contribution in [2.24, 2.45) is 4.40 Å². The van der Waals surface area contributed by atoms with Crippen molar-refractivity contribution in [1.82, 2.24) is 4.90 Å². The molecule has 0 atom stereocenters. The van der Waals surface area contributed by atoms with Gasteiger partial charge in [0.1, 0.15) is 5.84 Å². The molecule has 2 aromatic carbocycles. The van der Waals surface area contributed by atoms with Crippen molar-refractivity contribution in [2.45, 2.75) is 48.8 Å². The van der Waals surface area contributed by atoms with E-state index in [0.29, 0.717) is 23.0 Å². The molecule has 0 spiro atoms. The molecule has 164 valence electrons. The number of hydrogen-bond donors (Lipinski definition) is 1. The molecule has 6 nitrogen and oxygen atoms in total. The molecule has 0 aromatic heterocycles. The van der Waals surface area contributed by atoms with E-state index < -0.39 is 15.4 Å². The number of amidine groups is 1. The van der Waals surface area contributed by atoms with Crippen LogP contribution in [0.2, 0.25) is 5.02 Å². The van der Waals surface area contributed by atoms with Crippen molar-refractivity contribution in [3.05, 3.63) is 59.1 Å². The number of carbonyl (C=O) groups excluding carboxylic acids is 1. The van der Waals surface area contributed by atoms with Gasteiger partial charge in [-0.3, -0.25) is 4.79 Å². The zero-order chi connectivity index (χ0) is 22.1. The first-order valence-electron chi connectivity index (χ1n) is 10.5. The van der Waals surface area contributed by atoms with E-state index in [2.05, 4.69) is 9.71 Å². The van der Waals surface area contributed by atoms with Crippen LogP contribution in [0.5, 0.6) is 0 Å². The van der Waals surface area contributed by atoms with Gasteiger partial charge in [-0.15, -0.1) is 4.40 Å². The second-order valence-corrected chi connectivity index (χ2v) is 10.3. The Morgan fingerprint density at radius 1 is 1.10 bits per heavy atom. The quantitative estimate of drug-likeness (QED) is 0.708. The highest BCUT2D eigenvalue weighted by Crippen LogP contribution is 2.49. The van der Waals surface area contributed by atoms with E-state index in [9.17, 15) is 13.2 Å². The van der Waals surface area contributed by atoms with Gasteiger partial charge in [0.2, 0.25) is 5.91 Å². The number of nitrogens with zero attached hydrogens (tertiary/aromatic N) is 2. The van der Waals surface area contributed by atoms with E-state index in [1.165, 1.54) is 12.1 Å². The largest absolute Gasteiger partial charge is 0.362 e. The van der Waals surface area contributed by atoms with Crippen LogP contribution in [0.3, 0.4) is 0 Å². The molecule has 0 bridgehead atoms. The van der Waals surface area contributed by atoms with Crippen molar-refractivity contribution >= 4 is 39.1 Å². The SMILES string of the molecule is CN1CCCCC/C1=N\S(=O)(=O)c1cccc(NC(=O)C2(c3cccc(Cl)c3)CC2)c1. The van der Waals surface area contributed by atoms with Crippen molar-refractivity contribution in [3.8, 4) is 0 Å². The fourth-order valence-electron chi connectivity index (χ4n) is 3.98. The second kappa shape index (κ2) is 8.63. The molecule has 31 heavy (non-hydrogen) atoms. The summed E-state index contributed by atoms with van der Waals surface area (Å²) in [5.74, 6) is 0.434. The highest BCUT2D eigenvalue weighted by atomic mass is 35.5. The predicted molar refractivity (Wildman–Crippen MR) is 123 cm³/mol. The Morgan fingerprint density at radius 3 is 2.61 bits per heavy atom. The van der Waals surface area contributed by atoms with Crippen molar-refractivity contribution in [2.75, 3.05) is 18.9 Å². The maximum absolute atomic E-state index is 13.0. The highest BCUT2D eigenvalue weighted by molar-refractivity contribution is 7.90. The van der Waals surface area contributed by atoms with Gasteiger partial charge in [0, 0.05) is 30.7 Å². The zero-order valence-corrected chi connectivity index (χ0v) is 19.0. The maximum atomic E-state index is 13.0. The Labute approximate surface area is 188 Å². The van der Waals surface area contributed by atoms with Gasteiger partial charge in [-0.25, -0.2) is 0 Å². The summed E-state index contributed by atoms with van der Waals surface area (Å²) < 4.78 is 30.0. The van der Waals surface area contributed by atoms with E-state index in [1.807, 2.05) is 30.1 Å². The Kier molecular flexibility index (Phi) is 6.08. The van der Waals surface area contributed by atoms with Crippen molar-refractivity contribution in [3.63, 3.8) is 0 Å². The van der Waals surface area contributed by atoms with Gasteiger partial charge in [0.25, 0.3) is 10.0 Å². The number of rotatable bonds is 5. The number of amides is 1. The maximum Gasteiger partial charge on any atom is 0.284 e. The standard InChI is InChI=1S/C23H26ClN3O3S/c1-27-14-4-2-3-11-21(27)26-31(29,30)20-10-6-9-19(16-20)25-22(28)23(12-13-23)17-7-5-8-18(24)15-17/h5-10,15-16H,2-4,11-14H2,1H3,(H,25,28)/b26-21+. The summed E-state index contributed by atoms with van der Waals surface area (Å²) in [6.07, 6.45) is 5.15. The molecule has 0 radical (unpaired) electrons. The van der Waals surface area contributed by atoms with Crippen LogP contribution in [0.15, 0.2) is 57.8 Å². The first-order chi connectivity index (χ1) is 14.8. The molecular weight excluding hydrogens is 434 g/mol. The van der Waals surface area contributed by atoms with Crippen LogP contribution >= 0.6 is 11.6 Å². The molecule has 1 N–H and O–H groups in total. The van der Waals surface area contributed by atoms with Crippen LogP contribution < -0.4 is 5.32 Å². The molecule has 4 rings (SSSR count). The fraction of sp³-hybridized carbons (Fsp3) is 0.391. The van der Waals surface area contributed by atoms with Crippen LogP contribution in [-0.2, 0) is 20.2 Å². The van der Waals surface area contributed by atoms with Crippen LogP contribution in [0.4, 0.5) is 5.69 Å². The third-order valence-electron chi connectivity index (χ3n) is 6.01. The van der Waals surface area contributed by atoms with Gasteiger partial charge in [0.05, 0.1) is 10.3 Å².